The van der Waals surface area contributed by atoms with E-state index in [1.807, 2.05) is 51.1 Å². The molecule has 9 heteroatoms. The number of piperidine rings is 1. The number of halogens is 2. The lowest BCUT2D eigenvalue weighted by molar-refractivity contribution is 0.0198. The number of amides is 2. The molecule has 1 saturated heterocycles. The molecule has 0 saturated carbocycles. The molecule has 1 N–H and O–H groups in total. The highest BCUT2D eigenvalue weighted by Crippen LogP contribution is 2.18. The number of nitrogens with one attached hydrogen (secondary N) is 1. The van der Waals surface area contributed by atoms with Crippen molar-refractivity contribution in [3.8, 4) is 0 Å². The highest BCUT2D eigenvalue weighted by Gasteiger charge is 2.26. The summed E-state index contributed by atoms with van der Waals surface area (Å²) >= 11 is 3.27. The Kier molecular flexibility index (Phi) is 10.8. The second-order valence-electron chi connectivity index (χ2n) is 10.2. The van der Waals surface area contributed by atoms with Gasteiger partial charge in [-0.1, -0.05) is 52.3 Å². The average Bonchev–Trinajstić information content (AvgIpc) is 2.85. The van der Waals surface area contributed by atoms with E-state index in [1.54, 1.807) is 21.9 Å². The van der Waals surface area contributed by atoms with E-state index in [2.05, 4.69) is 21.2 Å². The van der Waals surface area contributed by atoms with Crippen molar-refractivity contribution in [2.45, 2.75) is 64.8 Å². The van der Waals surface area contributed by atoms with Gasteiger partial charge in [-0.25, -0.2) is 14.0 Å². The van der Waals surface area contributed by atoms with Crippen molar-refractivity contribution in [2.24, 2.45) is 0 Å². The molecule has 202 valence electrons. The Labute approximate surface area is 227 Å². The molecule has 0 spiro atoms. The molecule has 0 bridgehead atoms. The molecule has 1 fully saturated rings. The number of likely N-dealkylation sites (tertiary alicyclic amines) is 1. The minimum absolute atomic E-state index is 0.126. The normalized spacial score (nSPS) is 14.4. The number of carbonyl (C=O) groups excluding carboxylic acids is 2. The molecule has 0 aromatic heterocycles. The molecule has 1 aliphatic heterocycles. The van der Waals surface area contributed by atoms with Gasteiger partial charge in [0.15, 0.2) is 0 Å². The lowest BCUT2D eigenvalue weighted by Crippen LogP contribution is -2.47. The van der Waals surface area contributed by atoms with Crippen LogP contribution in [0.3, 0.4) is 0 Å². The fourth-order valence-corrected chi connectivity index (χ4v) is 4.40. The van der Waals surface area contributed by atoms with Gasteiger partial charge >= 0.3 is 12.2 Å². The van der Waals surface area contributed by atoms with Gasteiger partial charge in [-0.3, -0.25) is 0 Å². The molecular formula is C28H37BrFN3O4. The summed E-state index contributed by atoms with van der Waals surface area (Å²) in [6.45, 7) is 8.30. The molecule has 37 heavy (non-hydrogen) atoms. The zero-order chi connectivity index (χ0) is 26.8. The van der Waals surface area contributed by atoms with Gasteiger partial charge in [0.2, 0.25) is 0 Å². The van der Waals surface area contributed by atoms with Gasteiger partial charge in [-0.05, 0) is 64.3 Å². The number of ether oxygens (including phenoxy) is 2. The SMILES string of the molecule is CC(C)(C)OC(=O)N1CCC(NCCCN(Cc2ccc(Br)cc2F)C(=O)OCc2ccccc2)CC1. The first kappa shape index (κ1) is 28.9. The average molecular weight is 579 g/mol. The monoisotopic (exact) mass is 577 g/mol. The maximum atomic E-state index is 14.5. The smallest absolute Gasteiger partial charge is 0.410 e. The van der Waals surface area contributed by atoms with Gasteiger partial charge in [-0.2, -0.15) is 0 Å². The summed E-state index contributed by atoms with van der Waals surface area (Å²) in [5.74, 6) is -0.370. The van der Waals surface area contributed by atoms with Crippen LogP contribution in [0.1, 0.15) is 51.2 Å². The van der Waals surface area contributed by atoms with Crippen molar-refractivity contribution in [2.75, 3.05) is 26.2 Å². The third-order valence-electron chi connectivity index (χ3n) is 6.02. The zero-order valence-electron chi connectivity index (χ0n) is 21.8. The topological polar surface area (TPSA) is 71.1 Å². The lowest BCUT2D eigenvalue weighted by atomic mass is 10.1. The van der Waals surface area contributed by atoms with Crippen LogP contribution >= 0.6 is 15.9 Å². The first-order valence-electron chi connectivity index (χ1n) is 12.7. The molecule has 7 nitrogen and oxygen atoms in total. The maximum Gasteiger partial charge on any atom is 0.410 e. The van der Waals surface area contributed by atoms with Gasteiger partial charge in [0.1, 0.15) is 18.0 Å². The van der Waals surface area contributed by atoms with Crippen molar-refractivity contribution in [1.82, 2.24) is 15.1 Å². The predicted molar refractivity (Wildman–Crippen MR) is 145 cm³/mol. The van der Waals surface area contributed by atoms with Gasteiger partial charge in [0.25, 0.3) is 0 Å². The van der Waals surface area contributed by atoms with Crippen LogP contribution in [0.25, 0.3) is 0 Å². The van der Waals surface area contributed by atoms with E-state index in [0.29, 0.717) is 48.7 Å². The Morgan fingerprint density at radius 1 is 1.14 bits per heavy atom. The van der Waals surface area contributed by atoms with Crippen LogP contribution in [0.2, 0.25) is 0 Å². The maximum absolute atomic E-state index is 14.5. The first-order chi connectivity index (χ1) is 17.6. The number of benzene rings is 2. The van der Waals surface area contributed by atoms with Crippen molar-refractivity contribution >= 4 is 28.1 Å². The van der Waals surface area contributed by atoms with Crippen LogP contribution in [-0.4, -0.2) is 59.8 Å². The first-order valence-corrected chi connectivity index (χ1v) is 13.5. The summed E-state index contributed by atoms with van der Waals surface area (Å²) < 4.78 is 26.1. The third kappa shape index (κ3) is 9.97. The molecule has 1 aliphatic rings. The number of hydrogen-bond donors (Lipinski definition) is 1. The van der Waals surface area contributed by atoms with Crippen LogP contribution in [-0.2, 0) is 22.6 Å². The Morgan fingerprint density at radius 3 is 2.49 bits per heavy atom. The van der Waals surface area contributed by atoms with E-state index < -0.39 is 11.7 Å². The molecule has 2 aromatic rings. The number of carbonyl (C=O) groups is 2. The van der Waals surface area contributed by atoms with Gasteiger partial charge in [0.05, 0.1) is 6.54 Å². The second-order valence-corrected chi connectivity index (χ2v) is 11.2. The van der Waals surface area contributed by atoms with Gasteiger partial charge in [0, 0.05) is 35.7 Å². The van der Waals surface area contributed by atoms with Crippen LogP contribution < -0.4 is 5.32 Å². The molecule has 1 heterocycles. The summed E-state index contributed by atoms with van der Waals surface area (Å²) in [7, 11) is 0. The Balaban J connectivity index is 1.48. The van der Waals surface area contributed by atoms with E-state index in [4.69, 9.17) is 9.47 Å². The molecule has 2 amide bonds. The van der Waals surface area contributed by atoms with Crippen LogP contribution in [0.15, 0.2) is 53.0 Å². The summed E-state index contributed by atoms with van der Waals surface area (Å²) in [6.07, 6.45) is 1.62. The quantitative estimate of drug-likeness (QED) is 0.364. The van der Waals surface area contributed by atoms with E-state index in [-0.39, 0.29) is 25.1 Å². The fraction of sp³-hybridized carbons (Fsp3) is 0.500. The highest BCUT2D eigenvalue weighted by molar-refractivity contribution is 9.10. The Morgan fingerprint density at radius 2 is 1.84 bits per heavy atom. The number of nitrogens with zero attached hydrogens (tertiary/aromatic N) is 2. The van der Waals surface area contributed by atoms with Crippen molar-refractivity contribution in [3.05, 3.63) is 69.9 Å². The minimum Gasteiger partial charge on any atom is -0.445 e. The Hall–Kier alpha value is -2.65. The summed E-state index contributed by atoms with van der Waals surface area (Å²) in [6, 6.07) is 14.6. The molecule has 0 unspecified atom stereocenters. The van der Waals surface area contributed by atoms with Crippen molar-refractivity contribution in [3.63, 3.8) is 0 Å². The van der Waals surface area contributed by atoms with E-state index in [0.717, 1.165) is 18.4 Å². The van der Waals surface area contributed by atoms with Crippen molar-refractivity contribution < 1.29 is 23.5 Å². The zero-order valence-corrected chi connectivity index (χ0v) is 23.4. The third-order valence-corrected chi connectivity index (χ3v) is 6.52. The summed E-state index contributed by atoms with van der Waals surface area (Å²) in [4.78, 5) is 28.5. The van der Waals surface area contributed by atoms with E-state index >= 15 is 0 Å². The molecule has 0 atom stereocenters. The molecule has 0 radical (unpaired) electrons. The minimum atomic E-state index is -0.501. The van der Waals surface area contributed by atoms with Crippen LogP contribution in [0.5, 0.6) is 0 Å². The second kappa shape index (κ2) is 13.8. The lowest BCUT2D eigenvalue weighted by Gasteiger charge is -2.34. The largest absolute Gasteiger partial charge is 0.445 e. The number of hydrogen-bond acceptors (Lipinski definition) is 5. The Bertz CT molecular complexity index is 1020. The van der Waals surface area contributed by atoms with Gasteiger partial charge < -0.3 is 24.6 Å². The highest BCUT2D eigenvalue weighted by atomic mass is 79.9. The van der Waals surface area contributed by atoms with E-state index in [1.165, 1.54) is 6.07 Å². The number of rotatable bonds is 9. The van der Waals surface area contributed by atoms with Crippen LogP contribution in [0, 0.1) is 5.82 Å². The van der Waals surface area contributed by atoms with E-state index in [9.17, 15) is 14.0 Å². The molecule has 3 rings (SSSR count). The summed E-state index contributed by atoms with van der Waals surface area (Å²) in [5, 5.41) is 3.53. The predicted octanol–water partition coefficient (Wildman–Crippen LogP) is 6.11. The fourth-order valence-electron chi connectivity index (χ4n) is 4.07. The van der Waals surface area contributed by atoms with Gasteiger partial charge in [-0.15, -0.1) is 0 Å². The molecule has 2 aromatic carbocycles. The van der Waals surface area contributed by atoms with Crippen molar-refractivity contribution in [1.29, 1.82) is 0 Å². The molecular weight excluding hydrogens is 541 g/mol. The summed E-state index contributed by atoms with van der Waals surface area (Å²) in [5.41, 5.74) is 0.826. The molecule has 0 aliphatic carbocycles. The van der Waals surface area contributed by atoms with Crippen LogP contribution in [0.4, 0.5) is 14.0 Å². The standard InChI is InChI=1S/C28H37BrFN3O4/c1-28(2,3)37-27(35)32-16-12-24(13-17-32)31-14-7-15-33(19-22-10-11-23(29)18-25(22)30)26(34)36-20-21-8-5-4-6-9-21/h4-6,8-11,18,24,31H,7,12-17,19-20H2,1-3H3.